The van der Waals surface area contributed by atoms with Gasteiger partial charge in [-0.1, -0.05) is 67.5 Å². The molecule has 3 aliphatic rings. The molecule has 1 heterocycles. The zero-order chi connectivity index (χ0) is 28.3. The van der Waals surface area contributed by atoms with Crippen molar-refractivity contribution < 1.29 is 24.2 Å². The minimum atomic E-state index is -1.68. The summed E-state index contributed by atoms with van der Waals surface area (Å²) in [5.41, 5.74) is -2.16. The van der Waals surface area contributed by atoms with Gasteiger partial charge in [-0.05, 0) is 72.1 Å². The number of fused-ring (bicyclic) bond motifs is 3. The number of rotatable bonds is 7. The van der Waals surface area contributed by atoms with Crippen LogP contribution in [0.15, 0.2) is 65.0 Å². The number of ketones is 3. The van der Waals surface area contributed by atoms with Crippen LogP contribution in [0.2, 0.25) is 0 Å². The molecule has 1 saturated carbocycles. The average Bonchev–Trinajstić information content (AvgIpc) is 3.29. The minimum Gasteiger partial charge on any atom is -0.489 e. The van der Waals surface area contributed by atoms with E-state index in [9.17, 15) is 14.7 Å². The molecule has 38 heavy (non-hydrogen) atoms. The van der Waals surface area contributed by atoms with Crippen LogP contribution in [0, 0.1) is 22.2 Å². The lowest BCUT2D eigenvalue weighted by atomic mass is 9.39. The molecule has 5 nitrogen and oxygen atoms in total. The Morgan fingerprint density at radius 1 is 1.05 bits per heavy atom. The summed E-state index contributed by atoms with van der Waals surface area (Å²) >= 11 is 0. The van der Waals surface area contributed by atoms with Gasteiger partial charge in [0.25, 0.3) is 0 Å². The molecule has 2 aliphatic carbocycles. The van der Waals surface area contributed by atoms with Gasteiger partial charge in [0.15, 0.2) is 22.8 Å². The van der Waals surface area contributed by atoms with E-state index in [0.29, 0.717) is 24.0 Å². The van der Waals surface area contributed by atoms with Gasteiger partial charge in [0.2, 0.25) is 0 Å². The first kappa shape index (κ1) is 28.2. The monoisotopic (exact) mass is 518 g/mol. The molecule has 2 bridgehead atoms. The fourth-order valence-corrected chi connectivity index (χ4v) is 6.75. The number of Topliss-reactive ketones (excluding diaryl/α,β-unsaturated/α-hetero) is 3. The maximum Gasteiger partial charge on any atom is 0.184 e. The highest BCUT2D eigenvalue weighted by Gasteiger charge is 2.76. The van der Waals surface area contributed by atoms with E-state index in [0.717, 1.165) is 11.1 Å². The van der Waals surface area contributed by atoms with Gasteiger partial charge in [0.1, 0.15) is 11.9 Å². The summed E-state index contributed by atoms with van der Waals surface area (Å²) < 4.78 is 6.42. The van der Waals surface area contributed by atoms with E-state index in [1.807, 2.05) is 53.7 Å². The molecule has 5 heteroatoms. The largest absolute Gasteiger partial charge is 0.489 e. The number of hydrogen-bond acceptors (Lipinski definition) is 5. The Morgan fingerprint density at radius 3 is 2.21 bits per heavy atom. The Morgan fingerprint density at radius 2 is 1.66 bits per heavy atom. The topological polar surface area (TPSA) is 80.7 Å². The van der Waals surface area contributed by atoms with Gasteiger partial charge in [0.05, 0.1) is 11.0 Å². The molecule has 0 amide bonds. The quantitative estimate of drug-likeness (QED) is 0.251. The molecule has 0 spiro atoms. The smallest absolute Gasteiger partial charge is 0.184 e. The lowest BCUT2D eigenvalue weighted by Gasteiger charge is -2.59. The number of carbonyl (C=O) groups is 3. The second-order valence-corrected chi connectivity index (χ2v) is 13.1. The van der Waals surface area contributed by atoms with Gasteiger partial charge in [0, 0.05) is 17.6 Å². The van der Waals surface area contributed by atoms with E-state index >= 15 is 4.79 Å². The van der Waals surface area contributed by atoms with Crippen LogP contribution in [0.1, 0.15) is 91.4 Å². The Kier molecular flexibility index (Phi) is 7.01. The van der Waals surface area contributed by atoms with Crippen LogP contribution in [0.25, 0.3) is 0 Å². The van der Waals surface area contributed by atoms with Crippen molar-refractivity contribution in [3.63, 3.8) is 0 Å². The second kappa shape index (κ2) is 9.44. The molecule has 2 unspecified atom stereocenters. The second-order valence-electron chi connectivity index (χ2n) is 13.1. The van der Waals surface area contributed by atoms with Crippen molar-refractivity contribution in [2.75, 3.05) is 0 Å². The number of hydrogen-bond donors (Lipinski definition) is 1. The molecule has 1 aromatic rings. The van der Waals surface area contributed by atoms with Gasteiger partial charge in [-0.3, -0.25) is 14.4 Å². The minimum absolute atomic E-state index is 0.129. The van der Waals surface area contributed by atoms with E-state index < -0.39 is 27.9 Å². The summed E-state index contributed by atoms with van der Waals surface area (Å²) in [4.78, 5) is 44.2. The number of benzene rings is 1. The van der Waals surface area contributed by atoms with Crippen molar-refractivity contribution in [3.8, 4) is 0 Å². The maximum absolute atomic E-state index is 15.0. The van der Waals surface area contributed by atoms with Crippen LogP contribution in [0.4, 0.5) is 0 Å². The molecule has 1 N–H and O–H groups in total. The lowest BCUT2D eigenvalue weighted by Crippen LogP contribution is -2.68. The standard InChI is InChI=1S/C33H42O5/c1-20(2)14-15-23-19-32(17-16-21(3)4)27(35)24-18-25(31(7,8)37)38-28(24)33(29(32)36,30(23,5)6)26(34)22-12-10-9-11-13-22/h9-14,16,23,25,37H,15,17-19H2,1-8H3/t23?,25?,32-,33+/m1/s1. The van der Waals surface area contributed by atoms with Crippen molar-refractivity contribution in [2.24, 2.45) is 22.2 Å². The molecule has 0 aromatic heterocycles. The van der Waals surface area contributed by atoms with Crippen molar-refractivity contribution in [2.45, 2.75) is 92.8 Å². The predicted octanol–water partition coefficient (Wildman–Crippen LogP) is 6.57. The van der Waals surface area contributed by atoms with E-state index in [-0.39, 0.29) is 41.9 Å². The number of carbonyl (C=O) groups excluding carboxylic acids is 3. The van der Waals surface area contributed by atoms with Crippen LogP contribution in [0.3, 0.4) is 0 Å². The molecule has 1 aromatic carbocycles. The molecular formula is C33H42O5. The normalized spacial score (nSPS) is 29.9. The molecule has 4 rings (SSSR count). The Bertz CT molecular complexity index is 1250. The molecular weight excluding hydrogens is 476 g/mol. The molecule has 1 aliphatic heterocycles. The fourth-order valence-electron chi connectivity index (χ4n) is 6.75. The summed E-state index contributed by atoms with van der Waals surface area (Å²) in [5.74, 6) is -0.872. The van der Waals surface area contributed by atoms with Gasteiger partial charge >= 0.3 is 0 Å². The summed E-state index contributed by atoms with van der Waals surface area (Å²) in [6.45, 7) is 15.2. The Labute approximate surface area is 227 Å². The highest BCUT2D eigenvalue weighted by molar-refractivity contribution is 6.30. The lowest BCUT2D eigenvalue weighted by molar-refractivity contribution is -0.165. The summed E-state index contributed by atoms with van der Waals surface area (Å²) in [7, 11) is 0. The van der Waals surface area contributed by atoms with Crippen molar-refractivity contribution in [1.29, 1.82) is 0 Å². The van der Waals surface area contributed by atoms with Crippen LogP contribution in [-0.2, 0) is 14.3 Å². The fraction of sp³-hybridized carbons (Fsp3) is 0.545. The average molecular weight is 519 g/mol. The van der Waals surface area contributed by atoms with E-state index in [1.54, 1.807) is 38.1 Å². The third-order valence-electron chi connectivity index (χ3n) is 9.16. The van der Waals surface area contributed by atoms with Gasteiger partial charge < -0.3 is 9.84 Å². The summed E-state index contributed by atoms with van der Waals surface area (Å²) in [5, 5.41) is 10.9. The first-order valence-corrected chi connectivity index (χ1v) is 13.7. The first-order valence-electron chi connectivity index (χ1n) is 13.7. The molecule has 0 radical (unpaired) electrons. The van der Waals surface area contributed by atoms with Crippen LogP contribution in [0.5, 0.6) is 0 Å². The summed E-state index contributed by atoms with van der Waals surface area (Å²) in [6.07, 6.45) is 4.83. The highest BCUT2D eigenvalue weighted by atomic mass is 16.5. The summed E-state index contributed by atoms with van der Waals surface area (Å²) in [6, 6.07) is 8.89. The SMILES string of the molecule is CC(C)=CCC1C[C@]2(CC=C(C)C)C(=O)C3=C(OC(C(C)(C)O)C3)[C@@](C(=O)c3ccccc3)(C2=O)C1(C)C. The molecule has 4 atom stereocenters. The van der Waals surface area contributed by atoms with Crippen molar-refractivity contribution in [1.82, 2.24) is 0 Å². The predicted molar refractivity (Wildman–Crippen MR) is 148 cm³/mol. The third-order valence-corrected chi connectivity index (χ3v) is 9.16. The molecule has 1 fully saturated rings. The number of ether oxygens (including phenoxy) is 1. The van der Waals surface area contributed by atoms with Crippen LogP contribution >= 0.6 is 0 Å². The van der Waals surface area contributed by atoms with Crippen molar-refractivity contribution >= 4 is 17.3 Å². The van der Waals surface area contributed by atoms with Crippen LogP contribution < -0.4 is 0 Å². The van der Waals surface area contributed by atoms with Gasteiger partial charge in [-0.15, -0.1) is 0 Å². The zero-order valence-electron chi connectivity index (χ0n) is 24.1. The maximum atomic E-state index is 15.0. The Balaban J connectivity index is 2.08. The number of allylic oxidation sites excluding steroid dienone is 5. The van der Waals surface area contributed by atoms with Gasteiger partial charge in [-0.2, -0.15) is 0 Å². The highest BCUT2D eigenvalue weighted by Crippen LogP contribution is 2.68. The van der Waals surface area contributed by atoms with E-state index in [1.165, 1.54) is 0 Å². The third kappa shape index (κ3) is 4.05. The van der Waals surface area contributed by atoms with E-state index in [4.69, 9.17) is 4.74 Å². The van der Waals surface area contributed by atoms with Crippen molar-refractivity contribution in [3.05, 3.63) is 70.5 Å². The van der Waals surface area contributed by atoms with E-state index in [2.05, 4.69) is 6.08 Å². The van der Waals surface area contributed by atoms with Gasteiger partial charge in [-0.25, -0.2) is 0 Å². The zero-order valence-corrected chi connectivity index (χ0v) is 24.1. The first-order chi connectivity index (χ1) is 17.6. The molecule has 0 saturated heterocycles. The molecule has 204 valence electrons. The number of aliphatic hydroxyl groups is 1. The van der Waals surface area contributed by atoms with Crippen LogP contribution in [-0.4, -0.2) is 34.2 Å². The Hall–Kier alpha value is -2.79.